The van der Waals surface area contributed by atoms with Crippen molar-refractivity contribution in [1.29, 1.82) is 0 Å². The normalized spacial score (nSPS) is 18.3. The number of hydrogen-bond acceptors (Lipinski definition) is 2. The van der Waals surface area contributed by atoms with Crippen LogP contribution in [0.25, 0.3) is 0 Å². The molecule has 3 nitrogen and oxygen atoms in total. The number of nitrogens with one attached hydrogen (secondary N) is 1. The second kappa shape index (κ2) is 6.34. The van der Waals surface area contributed by atoms with E-state index in [0.717, 1.165) is 17.3 Å². The first-order valence-corrected chi connectivity index (χ1v) is 7.20. The van der Waals surface area contributed by atoms with E-state index in [1.165, 1.54) is 19.3 Å². The van der Waals surface area contributed by atoms with Crippen molar-refractivity contribution in [1.82, 2.24) is 5.32 Å². The number of amides is 1. The van der Waals surface area contributed by atoms with Crippen LogP contribution in [0.2, 0.25) is 0 Å². The topological polar surface area (TPSA) is 49.3 Å². The van der Waals surface area contributed by atoms with Gasteiger partial charge in [0.15, 0.2) is 6.10 Å². The molecule has 1 saturated carbocycles. The second-order valence-electron chi connectivity index (χ2n) is 4.80. The monoisotopic (exact) mass is 311 g/mol. The van der Waals surface area contributed by atoms with E-state index in [9.17, 15) is 9.90 Å². The van der Waals surface area contributed by atoms with Crippen molar-refractivity contribution in [2.75, 3.05) is 0 Å². The highest BCUT2D eigenvalue weighted by Crippen LogP contribution is 2.20. The van der Waals surface area contributed by atoms with Crippen molar-refractivity contribution < 1.29 is 9.90 Å². The summed E-state index contributed by atoms with van der Waals surface area (Å²) in [6.45, 7) is 0. The van der Waals surface area contributed by atoms with E-state index in [2.05, 4.69) is 21.2 Å². The van der Waals surface area contributed by atoms with E-state index in [1.807, 2.05) is 12.1 Å². The molecule has 1 amide bonds. The Hall–Kier alpha value is -0.870. The fourth-order valence-electron chi connectivity index (χ4n) is 2.32. The zero-order valence-corrected chi connectivity index (χ0v) is 11.8. The predicted molar refractivity (Wildman–Crippen MR) is 74.1 cm³/mol. The standard InChI is InChI=1S/C14H18BrNO2/c15-11-8-6-10(7-9-11)13(17)14(18)16-12-4-2-1-3-5-12/h6-9,12-13,17H,1-5H2,(H,16,18). The fraction of sp³-hybridized carbons (Fsp3) is 0.500. The van der Waals surface area contributed by atoms with E-state index >= 15 is 0 Å². The molecule has 4 heteroatoms. The quantitative estimate of drug-likeness (QED) is 0.901. The summed E-state index contributed by atoms with van der Waals surface area (Å²) >= 11 is 3.33. The summed E-state index contributed by atoms with van der Waals surface area (Å²) in [4.78, 5) is 11.9. The average Bonchev–Trinajstić information content (AvgIpc) is 2.40. The maximum absolute atomic E-state index is 11.9. The molecule has 1 aromatic rings. The van der Waals surface area contributed by atoms with Crippen molar-refractivity contribution in [3.63, 3.8) is 0 Å². The molecule has 0 radical (unpaired) electrons. The zero-order valence-electron chi connectivity index (χ0n) is 10.2. The van der Waals surface area contributed by atoms with Gasteiger partial charge in [0.05, 0.1) is 0 Å². The first kappa shape index (κ1) is 13.6. The van der Waals surface area contributed by atoms with Gasteiger partial charge >= 0.3 is 0 Å². The molecule has 2 rings (SSSR count). The van der Waals surface area contributed by atoms with Gasteiger partial charge in [0.1, 0.15) is 0 Å². The molecule has 1 aromatic carbocycles. The van der Waals surface area contributed by atoms with E-state index in [4.69, 9.17) is 0 Å². The lowest BCUT2D eigenvalue weighted by molar-refractivity contribution is -0.130. The highest BCUT2D eigenvalue weighted by atomic mass is 79.9. The molecule has 0 heterocycles. The minimum Gasteiger partial charge on any atom is -0.378 e. The highest BCUT2D eigenvalue weighted by molar-refractivity contribution is 9.10. The van der Waals surface area contributed by atoms with Crippen molar-refractivity contribution in [2.45, 2.75) is 44.2 Å². The Morgan fingerprint density at radius 1 is 1.22 bits per heavy atom. The van der Waals surface area contributed by atoms with Crippen LogP contribution in [0, 0.1) is 0 Å². The van der Waals surface area contributed by atoms with Gasteiger partial charge in [0.25, 0.3) is 5.91 Å². The molecule has 0 aliphatic heterocycles. The first-order chi connectivity index (χ1) is 8.66. The largest absolute Gasteiger partial charge is 0.378 e. The number of carbonyl (C=O) groups is 1. The van der Waals surface area contributed by atoms with E-state index in [-0.39, 0.29) is 11.9 Å². The summed E-state index contributed by atoms with van der Waals surface area (Å²) in [6.07, 6.45) is 4.57. The number of rotatable bonds is 3. The van der Waals surface area contributed by atoms with Gasteiger partial charge in [0, 0.05) is 10.5 Å². The number of aliphatic hydroxyl groups is 1. The molecule has 1 unspecified atom stereocenters. The molecule has 1 aliphatic rings. The first-order valence-electron chi connectivity index (χ1n) is 6.41. The molecule has 98 valence electrons. The minimum atomic E-state index is -1.07. The van der Waals surface area contributed by atoms with Crippen LogP contribution in [0.3, 0.4) is 0 Å². The lowest BCUT2D eigenvalue weighted by Crippen LogP contribution is -2.39. The van der Waals surface area contributed by atoms with Gasteiger partial charge in [-0.2, -0.15) is 0 Å². The van der Waals surface area contributed by atoms with Crippen LogP contribution >= 0.6 is 15.9 Å². The van der Waals surface area contributed by atoms with Crippen molar-refractivity contribution in [3.8, 4) is 0 Å². The molecule has 0 aromatic heterocycles. The van der Waals surface area contributed by atoms with E-state index in [1.54, 1.807) is 12.1 Å². The maximum atomic E-state index is 11.9. The SMILES string of the molecule is O=C(NC1CCCCC1)C(O)c1ccc(Br)cc1. The maximum Gasteiger partial charge on any atom is 0.253 e. The molecule has 2 N–H and O–H groups in total. The summed E-state index contributed by atoms with van der Waals surface area (Å²) in [7, 11) is 0. The van der Waals surface area contributed by atoms with Gasteiger partial charge in [-0.15, -0.1) is 0 Å². The fourth-order valence-corrected chi connectivity index (χ4v) is 2.59. The van der Waals surface area contributed by atoms with Gasteiger partial charge in [-0.1, -0.05) is 47.3 Å². The van der Waals surface area contributed by atoms with E-state index < -0.39 is 6.10 Å². The Labute approximate surface area is 116 Å². The Morgan fingerprint density at radius 2 is 1.83 bits per heavy atom. The van der Waals surface area contributed by atoms with Crippen LogP contribution in [-0.4, -0.2) is 17.1 Å². The Balaban J connectivity index is 1.93. The zero-order chi connectivity index (χ0) is 13.0. The Kier molecular flexibility index (Phi) is 4.78. The number of aliphatic hydroxyl groups excluding tert-OH is 1. The molecular weight excluding hydrogens is 294 g/mol. The summed E-state index contributed by atoms with van der Waals surface area (Å²) in [5.41, 5.74) is 0.631. The van der Waals surface area contributed by atoms with Crippen LogP contribution in [-0.2, 0) is 4.79 Å². The van der Waals surface area contributed by atoms with E-state index in [0.29, 0.717) is 5.56 Å². The van der Waals surface area contributed by atoms with Gasteiger partial charge in [-0.3, -0.25) is 4.79 Å². The summed E-state index contributed by atoms with van der Waals surface area (Å²) < 4.78 is 0.936. The van der Waals surface area contributed by atoms with Gasteiger partial charge < -0.3 is 10.4 Å². The van der Waals surface area contributed by atoms with Gasteiger partial charge in [0.2, 0.25) is 0 Å². The number of carbonyl (C=O) groups excluding carboxylic acids is 1. The van der Waals surface area contributed by atoms with Gasteiger partial charge in [-0.05, 0) is 30.5 Å². The third-order valence-electron chi connectivity index (χ3n) is 3.39. The third kappa shape index (κ3) is 3.56. The molecular formula is C14H18BrNO2. The Morgan fingerprint density at radius 3 is 2.44 bits per heavy atom. The predicted octanol–water partition coefficient (Wildman–Crippen LogP) is 2.93. The van der Waals surface area contributed by atoms with Crippen molar-refractivity contribution >= 4 is 21.8 Å². The molecule has 1 fully saturated rings. The molecule has 1 atom stereocenters. The van der Waals surface area contributed by atoms with Gasteiger partial charge in [-0.25, -0.2) is 0 Å². The summed E-state index contributed by atoms with van der Waals surface area (Å²) in [6, 6.07) is 7.40. The second-order valence-corrected chi connectivity index (χ2v) is 5.71. The lowest BCUT2D eigenvalue weighted by atomic mass is 9.95. The summed E-state index contributed by atoms with van der Waals surface area (Å²) in [5.74, 6) is -0.288. The number of benzene rings is 1. The third-order valence-corrected chi connectivity index (χ3v) is 3.91. The van der Waals surface area contributed by atoms with Crippen LogP contribution in [0.1, 0.15) is 43.8 Å². The minimum absolute atomic E-state index is 0.233. The number of halogens is 1. The smallest absolute Gasteiger partial charge is 0.253 e. The van der Waals surface area contributed by atoms with Crippen LogP contribution in [0.5, 0.6) is 0 Å². The molecule has 18 heavy (non-hydrogen) atoms. The molecule has 0 spiro atoms. The Bertz CT molecular complexity index is 399. The van der Waals surface area contributed by atoms with Crippen molar-refractivity contribution in [3.05, 3.63) is 34.3 Å². The average molecular weight is 312 g/mol. The molecule has 0 bridgehead atoms. The molecule has 1 aliphatic carbocycles. The highest BCUT2D eigenvalue weighted by Gasteiger charge is 2.21. The van der Waals surface area contributed by atoms with Crippen molar-refractivity contribution in [2.24, 2.45) is 0 Å². The van der Waals surface area contributed by atoms with Crippen LogP contribution in [0.4, 0.5) is 0 Å². The molecule has 0 saturated heterocycles. The van der Waals surface area contributed by atoms with Crippen LogP contribution < -0.4 is 5.32 Å². The summed E-state index contributed by atoms with van der Waals surface area (Å²) in [5, 5.41) is 12.9. The number of hydrogen-bond donors (Lipinski definition) is 2. The van der Waals surface area contributed by atoms with Crippen LogP contribution in [0.15, 0.2) is 28.7 Å². The lowest BCUT2D eigenvalue weighted by Gasteiger charge is -2.24.